The number of hydrogen-bond donors (Lipinski definition) is 0. The summed E-state index contributed by atoms with van der Waals surface area (Å²) in [4.78, 5) is 4.75. The molecule has 3 aromatic rings. The Hall–Kier alpha value is -2.22. The molecule has 0 unspecified atom stereocenters. The number of aryl methyl sites for hydroxylation is 2. The highest BCUT2D eigenvalue weighted by Gasteiger charge is 2.39. The van der Waals surface area contributed by atoms with Crippen molar-refractivity contribution in [3.63, 3.8) is 0 Å². The first kappa shape index (κ1) is 19.1. The molecular weight excluding hydrogens is 398 g/mol. The van der Waals surface area contributed by atoms with Crippen molar-refractivity contribution in [2.24, 2.45) is 0 Å². The first-order valence-electron chi connectivity index (χ1n) is 9.05. The number of rotatable bonds is 4. The second-order valence-corrected chi connectivity index (χ2v) is 9.31. The van der Waals surface area contributed by atoms with Crippen LogP contribution >= 0.6 is 11.6 Å². The van der Waals surface area contributed by atoms with E-state index in [0.717, 1.165) is 23.1 Å². The molecule has 1 fully saturated rings. The van der Waals surface area contributed by atoms with Crippen molar-refractivity contribution in [1.82, 2.24) is 14.4 Å². The van der Waals surface area contributed by atoms with Crippen LogP contribution in [-0.4, -0.2) is 29.4 Å². The van der Waals surface area contributed by atoms with E-state index in [1.54, 1.807) is 36.4 Å². The van der Waals surface area contributed by atoms with Gasteiger partial charge in [-0.2, -0.15) is 9.29 Å². The summed E-state index contributed by atoms with van der Waals surface area (Å²) >= 11 is 5.92. The summed E-state index contributed by atoms with van der Waals surface area (Å²) in [6.07, 6.45) is 1.39. The van der Waals surface area contributed by atoms with Crippen LogP contribution in [0.4, 0.5) is 0 Å². The molecule has 1 aliphatic rings. The fraction of sp³-hybridized carbons (Fsp3) is 0.300. The summed E-state index contributed by atoms with van der Waals surface area (Å²) in [7, 11) is -3.65. The summed E-state index contributed by atoms with van der Waals surface area (Å²) in [6, 6.07) is 11.8. The van der Waals surface area contributed by atoms with E-state index in [1.165, 1.54) is 4.31 Å². The Balaban J connectivity index is 1.65. The third kappa shape index (κ3) is 3.45. The lowest BCUT2D eigenvalue weighted by Crippen LogP contribution is -2.31. The van der Waals surface area contributed by atoms with E-state index in [0.29, 0.717) is 34.6 Å². The van der Waals surface area contributed by atoms with Crippen LogP contribution in [-0.2, 0) is 10.0 Å². The first-order chi connectivity index (χ1) is 13.4. The molecule has 0 spiro atoms. The van der Waals surface area contributed by atoms with Gasteiger partial charge in [-0.1, -0.05) is 22.8 Å². The van der Waals surface area contributed by atoms with Crippen LogP contribution in [0.3, 0.4) is 0 Å². The van der Waals surface area contributed by atoms with Gasteiger partial charge in [0.1, 0.15) is 6.04 Å². The van der Waals surface area contributed by atoms with Gasteiger partial charge in [0, 0.05) is 17.1 Å². The van der Waals surface area contributed by atoms with Crippen molar-refractivity contribution < 1.29 is 12.9 Å². The van der Waals surface area contributed by atoms with Crippen LogP contribution in [0, 0.1) is 13.8 Å². The molecule has 0 N–H and O–H groups in total. The lowest BCUT2D eigenvalue weighted by Gasteiger charge is -2.21. The Morgan fingerprint density at radius 3 is 2.57 bits per heavy atom. The molecule has 28 heavy (non-hydrogen) atoms. The molecular formula is C20H20ClN3O3S. The molecule has 0 amide bonds. The van der Waals surface area contributed by atoms with Gasteiger partial charge in [0.25, 0.3) is 0 Å². The molecule has 4 rings (SSSR count). The van der Waals surface area contributed by atoms with Gasteiger partial charge < -0.3 is 4.52 Å². The molecule has 1 aliphatic heterocycles. The van der Waals surface area contributed by atoms with E-state index in [4.69, 9.17) is 16.1 Å². The molecule has 1 atom stereocenters. The molecule has 0 radical (unpaired) electrons. The number of hydrogen-bond acceptors (Lipinski definition) is 5. The number of aromatic nitrogens is 2. The minimum Gasteiger partial charge on any atom is -0.337 e. The monoisotopic (exact) mass is 417 g/mol. The number of sulfonamides is 1. The minimum absolute atomic E-state index is 0.292. The Kier molecular flexibility index (Phi) is 4.99. The van der Waals surface area contributed by atoms with Crippen molar-refractivity contribution >= 4 is 21.6 Å². The Morgan fingerprint density at radius 2 is 1.86 bits per heavy atom. The zero-order valence-corrected chi connectivity index (χ0v) is 17.2. The van der Waals surface area contributed by atoms with Crippen molar-refractivity contribution in [3.8, 4) is 11.4 Å². The molecule has 2 aromatic carbocycles. The molecule has 0 saturated carbocycles. The van der Waals surface area contributed by atoms with E-state index >= 15 is 0 Å². The van der Waals surface area contributed by atoms with Crippen molar-refractivity contribution in [2.75, 3.05) is 6.54 Å². The highest BCUT2D eigenvalue weighted by molar-refractivity contribution is 7.89. The van der Waals surface area contributed by atoms with Crippen LogP contribution in [0.1, 0.15) is 35.9 Å². The van der Waals surface area contributed by atoms with Crippen molar-refractivity contribution in [1.29, 1.82) is 0 Å². The highest BCUT2D eigenvalue weighted by atomic mass is 35.5. The second-order valence-electron chi connectivity index (χ2n) is 6.98. The molecule has 2 heterocycles. The van der Waals surface area contributed by atoms with Gasteiger partial charge in [-0.25, -0.2) is 8.42 Å². The SMILES string of the molecule is Cc1ccc(S(=O)(=O)N2CCC[C@H]2c2nc(-c3ccc(Cl)cc3)no2)cc1C. The largest absolute Gasteiger partial charge is 0.337 e. The van der Waals surface area contributed by atoms with Gasteiger partial charge in [-0.05, 0) is 74.2 Å². The molecule has 6 nitrogen and oxygen atoms in total. The average Bonchev–Trinajstić information content (AvgIpc) is 3.33. The third-order valence-electron chi connectivity index (χ3n) is 5.12. The van der Waals surface area contributed by atoms with E-state index < -0.39 is 16.1 Å². The third-order valence-corrected chi connectivity index (χ3v) is 7.27. The maximum atomic E-state index is 13.2. The molecule has 1 aromatic heterocycles. The fourth-order valence-corrected chi connectivity index (χ4v) is 5.23. The van der Waals surface area contributed by atoms with Crippen LogP contribution in [0.25, 0.3) is 11.4 Å². The quantitative estimate of drug-likeness (QED) is 0.623. The number of nitrogens with zero attached hydrogens (tertiary/aromatic N) is 3. The van der Waals surface area contributed by atoms with Crippen LogP contribution in [0.15, 0.2) is 51.9 Å². The first-order valence-corrected chi connectivity index (χ1v) is 10.9. The summed E-state index contributed by atoms with van der Waals surface area (Å²) in [5, 5.41) is 4.64. The van der Waals surface area contributed by atoms with Crippen LogP contribution < -0.4 is 0 Å². The molecule has 0 aliphatic carbocycles. The zero-order valence-electron chi connectivity index (χ0n) is 15.6. The Bertz CT molecular complexity index is 1110. The van der Waals surface area contributed by atoms with E-state index in [-0.39, 0.29) is 0 Å². The molecule has 0 bridgehead atoms. The molecule has 8 heteroatoms. The normalized spacial score (nSPS) is 17.9. The maximum Gasteiger partial charge on any atom is 0.245 e. The summed E-state index contributed by atoms with van der Waals surface area (Å²) in [5.41, 5.74) is 2.77. The predicted molar refractivity (Wildman–Crippen MR) is 107 cm³/mol. The van der Waals surface area contributed by atoms with Crippen molar-refractivity contribution in [2.45, 2.75) is 37.6 Å². The van der Waals surface area contributed by atoms with E-state index in [1.807, 2.05) is 19.9 Å². The summed E-state index contributed by atoms with van der Waals surface area (Å²) < 4.78 is 33.3. The van der Waals surface area contributed by atoms with Gasteiger partial charge in [0.2, 0.25) is 21.7 Å². The lowest BCUT2D eigenvalue weighted by atomic mass is 10.1. The number of benzene rings is 2. The molecule has 1 saturated heterocycles. The average molecular weight is 418 g/mol. The van der Waals surface area contributed by atoms with E-state index in [2.05, 4.69) is 10.1 Å². The van der Waals surface area contributed by atoms with Gasteiger partial charge in [-0.3, -0.25) is 0 Å². The lowest BCUT2D eigenvalue weighted by molar-refractivity contribution is 0.290. The second kappa shape index (κ2) is 7.31. The van der Waals surface area contributed by atoms with Crippen molar-refractivity contribution in [3.05, 3.63) is 64.5 Å². The maximum absolute atomic E-state index is 13.2. The van der Waals surface area contributed by atoms with Gasteiger partial charge in [0.05, 0.1) is 4.90 Å². The van der Waals surface area contributed by atoms with Gasteiger partial charge in [0.15, 0.2) is 0 Å². The zero-order chi connectivity index (χ0) is 19.9. The predicted octanol–water partition coefficient (Wildman–Crippen LogP) is 4.53. The standard InChI is InChI=1S/C20H20ClN3O3S/c1-13-5-10-17(12-14(13)2)28(25,26)24-11-3-4-18(24)20-22-19(23-27-20)15-6-8-16(21)9-7-15/h5-10,12,18H,3-4,11H2,1-2H3/t18-/m0/s1. The minimum atomic E-state index is -3.65. The Labute approximate surface area is 169 Å². The smallest absolute Gasteiger partial charge is 0.245 e. The summed E-state index contributed by atoms with van der Waals surface area (Å²) in [5.74, 6) is 0.733. The number of halogens is 1. The van der Waals surface area contributed by atoms with Crippen LogP contribution in [0.5, 0.6) is 0 Å². The Morgan fingerprint density at radius 1 is 1.11 bits per heavy atom. The van der Waals surface area contributed by atoms with E-state index in [9.17, 15) is 8.42 Å². The van der Waals surface area contributed by atoms with Gasteiger partial charge in [-0.15, -0.1) is 0 Å². The van der Waals surface area contributed by atoms with Crippen LogP contribution in [0.2, 0.25) is 5.02 Å². The van der Waals surface area contributed by atoms with Gasteiger partial charge >= 0.3 is 0 Å². The molecule has 146 valence electrons. The topological polar surface area (TPSA) is 76.3 Å². The summed E-state index contributed by atoms with van der Waals surface area (Å²) in [6.45, 7) is 4.30. The highest BCUT2D eigenvalue weighted by Crippen LogP contribution is 2.36. The fourth-order valence-electron chi connectivity index (χ4n) is 3.37.